The lowest BCUT2D eigenvalue weighted by molar-refractivity contribution is -0.143. The number of nitrogens with two attached hydrogens (primary N) is 3. The van der Waals surface area contributed by atoms with E-state index in [0.29, 0.717) is 19.4 Å². The van der Waals surface area contributed by atoms with Crippen molar-refractivity contribution in [2.75, 3.05) is 6.54 Å². The van der Waals surface area contributed by atoms with E-state index in [1.54, 1.807) is 0 Å². The average Bonchev–Trinajstić information content (AvgIpc) is 2.82. The molecule has 2 fully saturated rings. The van der Waals surface area contributed by atoms with E-state index in [4.69, 9.17) is 17.2 Å². The molecule has 19 heavy (non-hydrogen) atoms. The number of carbonyl (C=O) groups excluding carboxylic acids is 2. The molecule has 2 rings (SSSR count). The molecule has 7 nitrogen and oxygen atoms in total. The van der Waals surface area contributed by atoms with Crippen molar-refractivity contribution in [2.45, 2.75) is 49.9 Å². The van der Waals surface area contributed by atoms with E-state index in [1.807, 2.05) is 0 Å². The fraction of sp³-hybridized carbons (Fsp3) is 0.833. The van der Waals surface area contributed by atoms with Gasteiger partial charge in [0.25, 0.3) is 0 Å². The number of hydrogen-bond donors (Lipinski definition) is 4. The van der Waals surface area contributed by atoms with Crippen LogP contribution in [-0.4, -0.2) is 52.6 Å². The third-order valence-corrected chi connectivity index (χ3v) is 4.23. The van der Waals surface area contributed by atoms with Gasteiger partial charge >= 0.3 is 0 Å². The molecule has 1 saturated carbocycles. The SMILES string of the molecule is NC(=O)[C@H]1CCCN1C(=O)C1CC(O)C(N)CC1N. The standard InChI is InChI=1S/C12H22N4O3/c13-7-5-8(14)10(17)4-6(7)12(19)16-3-1-2-9(16)11(15)18/h6-10,17H,1-5,13-14H2,(H2,15,18)/t6?,7?,8?,9-,10?/m1/s1. The lowest BCUT2D eigenvalue weighted by Gasteiger charge is -2.37. The largest absolute Gasteiger partial charge is 0.391 e. The predicted molar refractivity (Wildman–Crippen MR) is 68.6 cm³/mol. The summed E-state index contributed by atoms with van der Waals surface area (Å²) in [5, 5.41) is 9.79. The van der Waals surface area contributed by atoms with Gasteiger partial charge in [0, 0.05) is 18.6 Å². The Hall–Kier alpha value is -1.18. The first-order valence-corrected chi connectivity index (χ1v) is 6.71. The maximum Gasteiger partial charge on any atom is 0.240 e. The van der Waals surface area contributed by atoms with Gasteiger partial charge in [-0.1, -0.05) is 0 Å². The number of nitrogens with zero attached hydrogens (tertiary/aromatic N) is 1. The second kappa shape index (κ2) is 5.44. The first kappa shape index (κ1) is 14.2. The Bertz CT molecular complexity index is 376. The van der Waals surface area contributed by atoms with Crippen LogP contribution >= 0.6 is 0 Å². The molecule has 2 aliphatic rings. The molecule has 1 aliphatic carbocycles. The van der Waals surface area contributed by atoms with Gasteiger partial charge in [-0.05, 0) is 25.7 Å². The van der Waals surface area contributed by atoms with Gasteiger partial charge in [0.2, 0.25) is 11.8 Å². The van der Waals surface area contributed by atoms with Crippen molar-refractivity contribution < 1.29 is 14.7 Å². The smallest absolute Gasteiger partial charge is 0.240 e. The van der Waals surface area contributed by atoms with Gasteiger partial charge in [-0.25, -0.2) is 0 Å². The zero-order valence-electron chi connectivity index (χ0n) is 10.9. The van der Waals surface area contributed by atoms with Crippen LogP contribution in [0.15, 0.2) is 0 Å². The second-order valence-electron chi connectivity index (χ2n) is 5.56. The maximum atomic E-state index is 12.5. The summed E-state index contributed by atoms with van der Waals surface area (Å²) in [6, 6.07) is -1.29. The first-order chi connectivity index (χ1) is 8.91. The van der Waals surface area contributed by atoms with Crippen LogP contribution in [0, 0.1) is 5.92 Å². The van der Waals surface area contributed by atoms with Crippen LogP contribution in [0.4, 0.5) is 0 Å². The van der Waals surface area contributed by atoms with Crippen molar-refractivity contribution in [3.8, 4) is 0 Å². The lowest BCUT2D eigenvalue weighted by atomic mass is 9.80. The number of carbonyl (C=O) groups is 2. The monoisotopic (exact) mass is 270 g/mol. The van der Waals surface area contributed by atoms with Gasteiger partial charge in [0.15, 0.2) is 0 Å². The predicted octanol–water partition coefficient (Wildman–Crippen LogP) is -2.11. The minimum atomic E-state index is -0.719. The Morgan fingerprint density at radius 2 is 1.84 bits per heavy atom. The summed E-state index contributed by atoms with van der Waals surface area (Å²) < 4.78 is 0. The number of amides is 2. The van der Waals surface area contributed by atoms with Gasteiger partial charge in [0.05, 0.1) is 12.0 Å². The van der Waals surface area contributed by atoms with Crippen LogP contribution in [0.1, 0.15) is 25.7 Å². The van der Waals surface area contributed by atoms with Crippen LogP contribution in [0.3, 0.4) is 0 Å². The average molecular weight is 270 g/mol. The highest BCUT2D eigenvalue weighted by atomic mass is 16.3. The number of hydrogen-bond acceptors (Lipinski definition) is 5. The molecule has 0 aromatic heterocycles. The summed E-state index contributed by atoms with van der Waals surface area (Å²) in [4.78, 5) is 25.3. The van der Waals surface area contributed by atoms with Crippen molar-refractivity contribution >= 4 is 11.8 Å². The topological polar surface area (TPSA) is 136 Å². The lowest BCUT2D eigenvalue weighted by Crippen LogP contribution is -2.56. The molecule has 1 saturated heterocycles. The van der Waals surface area contributed by atoms with Crippen molar-refractivity contribution in [1.29, 1.82) is 0 Å². The van der Waals surface area contributed by atoms with E-state index >= 15 is 0 Å². The molecule has 108 valence electrons. The number of likely N-dealkylation sites (tertiary alicyclic amines) is 1. The summed E-state index contributed by atoms with van der Waals surface area (Å²) in [6.45, 7) is 0.526. The molecule has 0 aromatic carbocycles. The molecule has 2 amide bonds. The van der Waals surface area contributed by atoms with Gasteiger partial charge in [-0.2, -0.15) is 0 Å². The third-order valence-electron chi connectivity index (χ3n) is 4.23. The zero-order valence-corrected chi connectivity index (χ0v) is 10.9. The van der Waals surface area contributed by atoms with Crippen LogP contribution in [0.2, 0.25) is 0 Å². The van der Waals surface area contributed by atoms with E-state index in [9.17, 15) is 14.7 Å². The Labute approximate surface area is 112 Å². The minimum Gasteiger partial charge on any atom is -0.391 e. The molecule has 7 heteroatoms. The van der Waals surface area contributed by atoms with Gasteiger partial charge in [-0.15, -0.1) is 0 Å². The molecule has 4 unspecified atom stereocenters. The van der Waals surface area contributed by atoms with Gasteiger partial charge < -0.3 is 27.2 Å². The van der Waals surface area contributed by atoms with Crippen molar-refractivity contribution in [3.63, 3.8) is 0 Å². The normalized spacial score (nSPS) is 39.3. The zero-order chi connectivity index (χ0) is 14.2. The van der Waals surface area contributed by atoms with Gasteiger partial charge in [0.1, 0.15) is 6.04 Å². The van der Waals surface area contributed by atoms with E-state index in [2.05, 4.69) is 0 Å². The third kappa shape index (κ3) is 2.72. The van der Waals surface area contributed by atoms with Gasteiger partial charge in [-0.3, -0.25) is 9.59 Å². The van der Waals surface area contributed by atoms with Crippen molar-refractivity contribution in [2.24, 2.45) is 23.1 Å². The van der Waals surface area contributed by atoms with E-state index in [-0.39, 0.29) is 24.4 Å². The summed E-state index contributed by atoms with van der Waals surface area (Å²) in [5.41, 5.74) is 17.0. The number of aliphatic hydroxyl groups excluding tert-OH is 1. The molecule has 1 aliphatic heterocycles. The molecule has 7 N–H and O–H groups in total. The Morgan fingerprint density at radius 3 is 2.47 bits per heavy atom. The highest BCUT2D eigenvalue weighted by molar-refractivity contribution is 5.88. The van der Waals surface area contributed by atoms with Crippen molar-refractivity contribution in [1.82, 2.24) is 4.90 Å². The van der Waals surface area contributed by atoms with Crippen LogP contribution in [0.25, 0.3) is 0 Å². The number of primary amides is 1. The van der Waals surface area contributed by atoms with Crippen LogP contribution < -0.4 is 17.2 Å². The Kier molecular flexibility index (Phi) is 4.07. The fourth-order valence-corrected chi connectivity index (χ4v) is 3.07. The summed E-state index contributed by atoms with van der Waals surface area (Å²) in [6.07, 6.45) is 1.31. The van der Waals surface area contributed by atoms with E-state index in [0.717, 1.165) is 6.42 Å². The second-order valence-corrected chi connectivity index (χ2v) is 5.56. The molecule has 5 atom stereocenters. The summed E-state index contributed by atoms with van der Waals surface area (Å²) >= 11 is 0. The van der Waals surface area contributed by atoms with Crippen molar-refractivity contribution in [3.05, 3.63) is 0 Å². The van der Waals surface area contributed by atoms with E-state index < -0.39 is 24.0 Å². The van der Waals surface area contributed by atoms with E-state index in [1.165, 1.54) is 4.90 Å². The molecule has 0 bridgehead atoms. The van der Waals surface area contributed by atoms with Crippen LogP contribution in [0.5, 0.6) is 0 Å². The maximum absolute atomic E-state index is 12.5. The first-order valence-electron chi connectivity index (χ1n) is 6.71. The molecule has 0 aromatic rings. The molecular weight excluding hydrogens is 248 g/mol. The summed E-state index contributed by atoms with van der Waals surface area (Å²) in [5.74, 6) is -1.14. The Balaban J connectivity index is 2.08. The Morgan fingerprint density at radius 1 is 1.16 bits per heavy atom. The summed E-state index contributed by atoms with van der Waals surface area (Å²) in [7, 11) is 0. The number of aliphatic hydroxyl groups is 1. The number of rotatable bonds is 2. The molecule has 1 heterocycles. The highest BCUT2D eigenvalue weighted by Gasteiger charge is 2.42. The molecule has 0 radical (unpaired) electrons. The quantitative estimate of drug-likeness (QED) is 0.455. The molecule has 0 spiro atoms. The minimum absolute atomic E-state index is 0.181. The fourth-order valence-electron chi connectivity index (χ4n) is 3.07. The highest BCUT2D eigenvalue weighted by Crippen LogP contribution is 2.28. The molecular formula is C12H22N4O3. The van der Waals surface area contributed by atoms with Crippen LogP contribution in [-0.2, 0) is 9.59 Å².